The summed E-state index contributed by atoms with van der Waals surface area (Å²) in [5, 5.41) is 0. The minimum absolute atomic E-state index is 0.431. The molecule has 0 N–H and O–H groups in total. The summed E-state index contributed by atoms with van der Waals surface area (Å²) >= 11 is 0. The predicted molar refractivity (Wildman–Crippen MR) is 33.8 cm³/mol. The van der Waals surface area contributed by atoms with Gasteiger partial charge in [0.15, 0.2) is 0 Å². The lowest BCUT2D eigenvalue weighted by molar-refractivity contribution is 0.166. The molecule has 1 aliphatic rings. The Morgan fingerprint density at radius 1 is 1.50 bits per heavy atom. The Balaban J connectivity index is 2.54. The molecule has 0 spiro atoms. The summed E-state index contributed by atoms with van der Waals surface area (Å²) in [6.07, 6.45) is 0. The first kappa shape index (κ1) is 6.09. The van der Waals surface area contributed by atoms with Crippen molar-refractivity contribution in [1.82, 2.24) is 0 Å². The number of rotatable bonds is 0. The maximum absolute atomic E-state index is 5.27. The smallest absolute Gasteiger partial charge is 0.0520 e. The molecule has 1 aliphatic heterocycles. The van der Waals surface area contributed by atoms with Crippen LogP contribution in [0.1, 0.15) is 20.8 Å². The zero-order valence-electron chi connectivity index (χ0n) is 5.90. The lowest BCUT2D eigenvalue weighted by Crippen LogP contribution is -2.18. The Hall–Kier alpha value is -0.0400. The molecular weight excluding hydrogens is 100 g/mol. The standard InChI is InChI=1S/C7H14O/c1-6-4-8-5-7(6,2)3/h6H,4-5H2,1-3H3/t6-/m1/s1. The lowest BCUT2D eigenvalue weighted by atomic mass is 9.84. The third-order valence-corrected chi connectivity index (χ3v) is 2.18. The molecule has 1 heteroatoms. The molecule has 0 unspecified atom stereocenters. The molecule has 0 aromatic rings. The van der Waals surface area contributed by atoms with Crippen molar-refractivity contribution in [3.05, 3.63) is 0 Å². The van der Waals surface area contributed by atoms with Gasteiger partial charge in [0.05, 0.1) is 6.61 Å². The largest absolute Gasteiger partial charge is 0.381 e. The Kier molecular flexibility index (Phi) is 1.31. The first-order valence-electron chi connectivity index (χ1n) is 3.21. The molecule has 1 heterocycles. The monoisotopic (exact) mass is 114 g/mol. The molecule has 1 nitrogen and oxygen atoms in total. The molecule has 8 heavy (non-hydrogen) atoms. The maximum atomic E-state index is 5.27. The second-order valence-electron chi connectivity index (χ2n) is 3.40. The van der Waals surface area contributed by atoms with Gasteiger partial charge in [-0.3, -0.25) is 0 Å². The molecule has 0 amide bonds. The van der Waals surface area contributed by atoms with E-state index in [0.717, 1.165) is 19.1 Å². The van der Waals surface area contributed by atoms with E-state index in [4.69, 9.17) is 4.74 Å². The maximum Gasteiger partial charge on any atom is 0.0520 e. The minimum atomic E-state index is 0.431. The van der Waals surface area contributed by atoms with Crippen LogP contribution in [0.2, 0.25) is 0 Å². The molecule has 0 bridgehead atoms. The van der Waals surface area contributed by atoms with Crippen molar-refractivity contribution >= 4 is 0 Å². The van der Waals surface area contributed by atoms with E-state index < -0.39 is 0 Å². The molecule has 0 aromatic carbocycles. The SMILES string of the molecule is C[C@@H]1COCC1(C)C. The average molecular weight is 114 g/mol. The molecule has 0 radical (unpaired) electrons. The van der Waals surface area contributed by atoms with Crippen molar-refractivity contribution in [2.45, 2.75) is 20.8 Å². The highest BCUT2D eigenvalue weighted by molar-refractivity contribution is 4.79. The van der Waals surface area contributed by atoms with Crippen LogP contribution in [0.3, 0.4) is 0 Å². The second-order valence-corrected chi connectivity index (χ2v) is 3.40. The Bertz CT molecular complexity index is 86.4. The summed E-state index contributed by atoms with van der Waals surface area (Å²) in [4.78, 5) is 0. The molecule has 1 saturated heterocycles. The van der Waals surface area contributed by atoms with Gasteiger partial charge in [-0.1, -0.05) is 20.8 Å². The van der Waals surface area contributed by atoms with Crippen LogP contribution in [0.15, 0.2) is 0 Å². The number of hydrogen-bond acceptors (Lipinski definition) is 1. The highest BCUT2D eigenvalue weighted by Crippen LogP contribution is 2.32. The van der Waals surface area contributed by atoms with Crippen LogP contribution in [-0.4, -0.2) is 13.2 Å². The van der Waals surface area contributed by atoms with Gasteiger partial charge in [0.25, 0.3) is 0 Å². The third kappa shape index (κ3) is 0.873. The quantitative estimate of drug-likeness (QED) is 0.465. The fraction of sp³-hybridized carbons (Fsp3) is 1.00. The molecule has 1 atom stereocenters. The van der Waals surface area contributed by atoms with E-state index in [1.165, 1.54) is 0 Å². The van der Waals surface area contributed by atoms with Crippen LogP contribution in [0.25, 0.3) is 0 Å². The first-order chi connectivity index (χ1) is 3.63. The average Bonchev–Trinajstić information content (AvgIpc) is 1.86. The Morgan fingerprint density at radius 3 is 2.25 bits per heavy atom. The zero-order chi connectivity index (χ0) is 6.20. The Labute approximate surface area is 51.0 Å². The summed E-state index contributed by atoms with van der Waals surface area (Å²) in [7, 11) is 0. The van der Waals surface area contributed by atoms with E-state index in [1.807, 2.05) is 0 Å². The van der Waals surface area contributed by atoms with Gasteiger partial charge in [0, 0.05) is 6.61 Å². The van der Waals surface area contributed by atoms with Crippen LogP contribution in [-0.2, 0) is 4.74 Å². The van der Waals surface area contributed by atoms with Gasteiger partial charge in [-0.05, 0) is 11.3 Å². The van der Waals surface area contributed by atoms with Gasteiger partial charge in [-0.2, -0.15) is 0 Å². The van der Waals surface area contributed by atoms with Crippen LogP contribution in [0.5, 0.6) is 0 Å². The van der Waals surface area contributed by atoms with E-state index in [9.17, 15) is 0 Å². The molecule has 48 valence electrons. The fourth-order valence-electron chi connectivity index (χ4n) is 0.867. The zero-order valence-corrected chi connectivity index (χ0v) is 5.90. The van der Waals surface area contributed by atoms with Crippen molar-refractivity contribution in [3.63, 3.8) is 0 Å². The fourth-order valence-corrected chi connectivity index (χ4v) is 0.867. The van der Waals surface area contributed by atoms with Gasteiger partial charge in [-0.15, -0.1) is 0 Å². The summed E-state index contributed by atoms with van der Waals surface area (Å²) in [5.74, 6) is 0.738. The first-order valence-corrected chi connectivity index (χ1v) is 3.21. The third-order valence-electron chi connectivity index (χ3n) is 2.18. The molecule has 1 rings (SSSR count). The second kappa shape index (κ2) is 1.73. The predicted octanol–water partition coefficient (Wildman–Crippen LogP) is 1.68. The van der Waals surface area contributed by atoms with E-state index in [-0.39, 0.29) is 0 Å². The highest BCUT2D eigenvalue weighted by atomic mass is 16.5. The van der Waals surface area contributed by atoms with Gasteiger partial charge < -0.3 is 4.74 Å². The lowest BCUT2D eigenvalue weighted by Gasteiger charge is -2.19. The summed E-state index contributed by atoms with van der Waals surface area (Å²) in [6.45, 7) is 8.64. The van der Waals surface area contributed by atoms with E-state index in [0.29, 0.717) is 5.41 Å². The molecule has 0 saturated carbocycles. The van der Waals surface area contributed by atoms with Crippen molar-refractivity contribution in [2.24, 2.45) is 11.3 Å². The van der Waals surface area contributed by atoms with E-state index >= 15 is 0 Å². The topological polar surface area (TPSA) is 9.23 Å². The molecule has 0 aliphatic carbocycles. The van der Waals surface area contributed by atoms with Crippen molar-refractivity contribution < 1.29 is 4.74 Å². The van der Waals surface area contributed by atoms with Gasteiger partial charge in [0.2, 0.25) is 0 Å². The molecule has 0 aromatic heterocycles. The Morgan fingerprint density at radius 2 is 2.12 bits per heavy atom. The van der Waals surface area contributed by atoms with E-state index in [1.54, 1.807) is 0 Å². The number of ether oxygens (including phenoxy) is 1. The van der Waals surface area contributed by atoms with E-state index in [2.05, 4.69) is 20.8 Å². The van der Waals surface area contributed by atoms with Crippen molar-refractivity contribution in [2.75, 3.05) is 13.2 Å². The molecule has 1 fully saturated rings. The summed E-state index contributed by atoms with van der Waals surface area (Å²) in [5.41, 5.74) is 0.431. The molecular formula is C7H14O. The van der Waals surface area contributed by atoms with Crippen LogP contribution in [0, 0.1) is 11.3 Å². The van der Waals surface area contributed by atoms with Crippen LogP contribution in [0.4, 0.5) is 0 Å². The normalized spacial score (nSPS) is 35.6. The van der Waals surface area contributed by atoms with Crippen LogP contribution < -0.4 is 0 Å². The summed E-state index contributed by atoms with van der Waals surface area (Å²) < 4.78 is 5.27. The minimum Gasteiger partial charge on any atom is -0.381 e. The van der Waals surface area contributed by atoms with Crippen molar-refractivity contribution in [1.29, 1.82) is 0 Å². The van der Waals surface area contributed by atoms with Gasteiger partial charge in [0.1, 0.15) is 0 Å². The van der Waals surface area contributed by atoms with Crippen LogP contribution >= 0.6 is 0 Å². The summed E-state index contributed by atoms with van der Waals surface area (Å²) in [6, 6.07) is 0. The van der Waals surface area contributed by atoms with Gasteiger partial charge >= 0.3 is 0 Å². The highest BCUT2D eigenvalue weighted by Gasteiger charge is 2.31. The number of hydrogen-bond donors (Lipinski definition) is 0. The van der Waals surface area contributed by atoms with Crippen molar-refractivity contribution in [3.8, 4) is 0 Å². The van der Waals surface area contributed by atoms with Gasteiger partial charge in [-0.25, -0.2) is 0 Å².